The lowest BCUT2D eigenvalue weighted by atomic mass is 10.1. The normalized spacial score (nSPS) is 11.1. The van der Waals surface area contributed by atoms with Gasteiger partial charge in [-0.2, -0.15) is 0 Å². The topological polar surface area (TPSA) is 56.1 Å². The van der Waals surface area contributed by atoms with Gasteiger partial charge in [0, 0.05) is 18.5 Å². The van der Waals surface area contributed by atoms with E-state index in [2.05, 4.69) is 9.88 Å². The summed E-state index contributed by atoms with van der Waals surface area (Å²) in [6.07, 6.45) is 3.58. The van der Waals surface area contributed by atoms with Crippen LogP contribution in [0.2, 0.25) is 0 Å². The maximum atomic E-state index is 14.3. The van der Waals surface area contributed by atoms with E-state index >= 15 is 0 Å². The van der Waals surface area contributed by atoms with Gasteiger partial charge < -0.3 is 14.6 Å². The van der Waals surface area contributed by atoms with Gasteiger partial charge in [-0.3, -0.25) is 4.79 Å². The Morgan fingerprint density at radius 3 is 2.66 bits per heavy atom. The number of hydrogen-bond donors (Lipinski definition) is 1. The first-order valence-electron chi connectivity index (χ1n) is 12.2. The van der Waals surface area contributed by atoms with Crippen LogP contribution in [0, 0.1) is 19.7 Å². The fraction of sp³-hybridized carbons (Fsp3) is 0.310. The predicted molar refractivity (Wildman–Crippen MR) is 137 cm³/mol. The van der Waals surface area contributed by atoms with E-state index in [4.69, 9.17) is 9.72 Å². The zero-order valence-corrected chi connectivity index (χ0v) is 20.4. The van der Waals surface area contributed by atoms with Crippen LogP contribution in [-0.2, 0) is 17.8 Å². The molecule has 1 heterocycles. The fourth-order valence-corrected chi connectivity index (χ4v) is 4.16. The molecule has 0 bridgehead atoms. The Bertz CT molecular complexity index is 1300. The molecule has 35 heavy (non-hydrogen) atoms. The number of amides is 1. The number of benzene rings is 3. The number of aryl methyl sites for hydroxylation is 3. The maximum absolute atomic E-state index is 14.3. The van der Waals surface area contributed by atoms with Crippen molar-refractivity contribution in [2.24, 2.45) is 0 Å². The molecule has 0 radical (unpaired) electrons. The van der Waals surface area contributed by atoms with Crippen molar-refractivity contribution in [1.29, 1.82) is 0 Å². The van der Waals surface area contributed by atoms with Gasteiger partial charge in [-0.1, -0.05) is 48.9 Å². The minimum atomic E-state index is -0.200. The quantitative estimate of drug-likeness (QED) is 0.282. The molecule has 0 saturated heterocycles. The molecule has 1 N–H and O–H groups in total. The molecule has 0 unspecified atom stereocenters. The van der Waals surface area contributed by atoms with Crippen molar-refractivity contribution in [1.82, 2.24) is 14.9 Å². The number of carbonyl (C=O) groups is 1. The van der Waals surface area contributed by atoms with E-state index in [-0.39, 0.29) is 18.3 Å². The molecular weight excluding hydrogens is 441 g/mol. The van der Waals surface area contributed by atoms with Gasteiger partial charge in [0.05, 0.1) is 17.6 Å². The van der Waals surface area contributed by atoms with Crippen LogP contribution in [0.4, 0.5) is 4.39 Å². The molecule has 4 aromatic rings. The number of carbonyl (C=O) groups excluding carboxylic acids is 1. The van der Waals surface area contributed by atoms with Gasteiger partial charge in [0.25, 0.3) is 5.91 Å². The fourth-order valence-electron chi connectivity index (χ4n) is 4.16. The highest BCUT2D eigenvalue weighted by atomic mass is 19.1. The number of ether oxygens (including phenoxy) is 1. The monoisotopic (exact) mass is 473 g/mol. The Morgan fingerprint density at radius 2 is 1.80 bits per heavy atom. The van der Waals surface area contributed by atoms with Crippen molar-refractivity contribution in [2.45, 2.75) is 46.1 Å². The number of nitrogens with zero attached hydrogens (tertiary/aromatic N) is 2. The summed E-state index contributed by atoms with van der Waals surface area (Å²) in [6.45, 7) is 5.06. The average Bonchev–Trinajstić information content (AvgIpc) is 3.20. The van der Waals surface area contributed by atoms with Crippen molar-refractivity contribution in [3.8, 4) is 5.75 Å². The van der Waals surface area contributed by atoms with Gasteiger partial charge >= 0.3 is 0 Å². The zero-order chi connectivity index (χ0) is 24.6. The van der Waals surface area contributed by atoms with E-state index in [1.807, 2.05) is 68.4 Å². The number of para-hydroxylation sites is 2. The van der Waals surface area contributed by atoms with E-state index in [1.54, 1.807) is 6.07 Å². The van der Waals surface area contributed by atoms with Gasteiger partial charge in [-0.05, 0) is 62.1 Å². The predicted octanol–water partition coefficient (Wildman–Crippen LogP) is 5.75. The first-order valence-corrected chi connectivity index (χ1v) is 12.2. The zero-order valence-electron chi connectivity index (χ0n) is 20.4. The van der Waals surface area contributed by atoms with E-state index in [9.17, 15) is 9.18 Å². The second kappa shape index (κ2) is 11.6. The molecule has 0 atom stereocenters. The minimum absolute atomic E-state index is 0.0182. The molecule has 0 fully saturated rings. The second-order valence-electron chi connectivity index (χ2n) is 8.91. The number of fused-ring (bicyclic) bond motifs is 1. The summed E-state index contributed by atoms with van der Waals surface area (Å²) in [5, 5.41) is 2.93. The van der Waals surface area contributed by atoms with Gasteiger partial charge in [-0.15, -0.1) is 0 Å². The highest BCUT2D eigenvalue weighted by Gasteiger charge is 2.12. The third-order valence-corrected chi connectivity index (χ3v) is 6.12. The molecular formula is C29H32FN3O2. The van der Waals surface area contributed by atoms with Crippen LogP contribution in [0.25, 0.3) is 11.0 Å². The number of unbranched alkanes of at least 4 members (excludes halogenated alkanes) is 2. The first-order chi connectivity index (χ1) is 17.0. The summed E-state index contributed by atoms with van der Waals surface area (Å²) < 4.78 is 22.1. The van der Waals surface area contributed by atoms with Crippen LogP contribution in [0.15, 0.2) is 66.7 Å². The second-order valence-corrected chi connectivity index (χ2v) is 8.91. The van der Waals surface area contributed by atoms with Crippen LogP contribution in [-0.4, -0.2) is 28.6 Å². The lowest BCUT2D eigenvalue weighted by Crippen LogP contribution is -2.29. The molecule has 1 aromatic heterocycles. The summed E-state index contributed by atoms with van der Waals surface area (Å²) in [7, 11) is 0. The molecule has 0 saturated carbocycles. The van der Waals surface area contributed by atoms with Crippen LogP contribution in [0.3, 0.4) is 0 Å². The van der Waals surface area contributed by atoms with E-state index in [1.165, 1.54) is 6.07 Å². The Labute approximate surface area is 206 Å². The smallest absolute Gasteiger partial charge is 0.257 e. The molecule has 6 heteroatoms. The number of imidazole rings is 1. The van der Waals surface area contributed by atoms with Gasteiger partial charge in [0.2, 0.25) is 0 Å². The summed E-state index contributed by atoms with van der Waals surface area (Å²) >= 11 is 0. The van der Waals surface area contributed by atoms with Crippen molar-refractivity contribution >= 4 is 16.9 Å². The summed E-state index contributed by atoms with van der Waals surface area (Å²) in [5.74, 6) is 1.39. The number of hydrogen-bond acceptors (Lipinski definition) is 3. The van der Waals surface area contributed by atoms with Crippen molar-refractivity contribution in [3.05, 3.63) is 95.1 Å². The van der Waals surface area contributed by atoms with Crippen molar-refractivity contribution < 1.29 is 13.9 Å². The third kappa shape index (κ3) is 6.47. The Morgan fingerprint density at radius 1 is 1.00 bits per heavy atom. The van der Waals surface area contributed by atoms with Crippen molar-refractivity contribution in [3.63, 3.8) is 0 Å². The average molecular weight is 474 g/mol. The SMILES string of the molecule is Cc1ccc(C)c(OCC(=O)NCCCCCc2nc3ccccc3n2Cc2ccccc2F)c1. The maximum Gasteiger partial charge on any atom is 0.257 e. The summed E-state index contributed by atoms with van der Waals surface area (Å²) in [5.41, 5.74) is 4.72. The highest BCUT2D eigenvalue weighted by Crippen LogP contribution is 2.21. The molecule has 182 valence electrons. The lowest BCUT2D eigenvalue weighted by Gasteiger charge is -2.11. The Hall–Kier alpha value is -3.67. The molecule has 0 spiro atoms. The highest BCUT2D eigenvalue weighted by molar-refractivity contribution is 5.77. The summed E-state index contributed by atoms with van der Waals surface area (Å²) in [6, 6.07) is 20.8. The molecule has 5 nitrogen and oxygen atoms in total. The summed E-state index contributed by atoms with van der Waals surface area (Å²) in [4.78, 5) is 16.9. The minimum Gasteiger partial charge on any atom is -0.483 e. The van der Waals surface area contributed by atoms with E-state index < -0.39 is 0 Å². The molecule has 0 aliphatic carbocycles. The number of halogens is 1. The molecule has 0 aliphatic rings. The standard InChI is InChI=1S/C29H32FN3O2/c1-21-15-16-22(2)27(18-21)35-20-29(34)31-17-9-3-4-14-28-32-25-12-7-8-13-26(25)33(28)19-23-10-5-6-11-24(23)30/h5-8,10-13,15-16,18H,3-4,9,14,17,19-20H2,1-2H3,(H,31,34). The van der Waals surface area contributed by atoms with Crippen LogP contribution >= 0.6 is 0 Å². The number of nitrogens with one attached hydrogen (secondary N) is 1. The van der Waals surface area contributed by atoms with Crippen molar-refractivity contribution in [2.75, 3.05) is 13.2 Å². The first kappa shape index (κ1) is 24.5. The van der Waals surface area contributed by atoms with Crippen LogP contribution in [0.5, 0.6) is 5.75 Å². The van der Waals surface area contributed by atoms with Gasteiger partial charge in [0.15, 0.2) is 6.61 Å². The lowest BCUT2D eigenvalue weighted by molar-refractivity contribution is -0.123. The molecule has 1 amide bonds. The Balaban J connectivity index is 1.25. The largest absolute Gasteiger partial charge is 0.483 e. The van der Waals surface area contributed by atoms with Gasteiger partial charge in [0.1, 0.15) is 17.4 Å². The molecule has 0 aliphatic heterocycles. The molecule has 3 aromatic carbocycles. The van der Waals surface area contributed by atoms with Gasteiger partial charge in [-0.25, -0.2) is 9.37 Å². The van der Waals surface area contributed by atoms with Crippen LogP contribution < -0.4 is 10.1 Å². The Kier molecular flexibility index (Phi) is 8.14. The number of rotatable bonds is 11. The van der Waals surface area contributed by atoms with Crippen LogP contribution in [0.1, 0.15) is 41.8 Å². The van der Waals surface area contributed by atoms with E-state index in [0.717, 1.165) is 59.4 Å². The van der Waals surface area contributed by atoms with E-state index in [0.29, 0.717) is 18.7 Å². The number of aromatic nitrogens is 2. The molecule has 4 rings (SSSR count). The third-order valence-electron chi connectivity index (χ3n) is 6.12.